The van der Waals surface area contributed by atoms with Crippen LogP contribution in [0.25, 0.3) is 5.69 Å². The molecule has 0 aliphatic rings. The topological polar surface area (TPSA) is 17.8 Å². The molecule has 11 heavy (non-hydrogen) atoms. The normalized spacial score (nSPS) is 9.82. The minimum absolute atomic E-state index is 0.970. The average molecular weight is 143 g/mol. The number of hydrogen-bond donors (Lipinski definition) is 0. The van der Waals surface area contributed by atoms with Gasteiger partial charge in [0, 0.05) is 18.5 Å². The Hall–Kier alpha value is -1.57. The first kappa shape index (κ1) is 6.16. The number of nitrogens with zero attached hydrogens (tertiary/aromatic N) is 2. The number of para-hydroxylation sites is 1. The Balaban J connectivity index is 2.46. The summed E-state index contributed by atoms with van der Waals surface area (Å²) in [5.41, 5.74) is 0.970. The first-order chi connectivity index (χ1) is 5.47. The maximum absolute atomic E-state index is 4.07. The molecule has 2 rings (SSSR count). The van der Waals surface area contributed by atoms with Gasteiger partial charge < -0.3 is 0 Å². The summed E-state index contributed by atoms with van der Waals surface area (Å²) in [7, 11) is 0. The standard InChI is InChI=1S/C9H7N2/c1-2-5-9(6-3-1)11-8-4-7-10-11/h1-5,7-8H. The third kappa shape index (κ3) is 1.15. The van der Waals surface area contributed by atoms with Gasteiger partial charge in [0.05, 0.1) is 5.69 Å². The van der Waals surface area contributed by atoms with Gasteiger partial charge in [-0.1, -0.05) is 18.2 Å². The van der Waals surface area contributed by atoms with Crippen LogP contribution in [0.4, 0.5) is 0 Å². The molecule has 1 aromatic heterocycles. The van der Waals surface area contributed by atoms with E-state index < -0.39 is 0 Å². The van der Waals surface area contributed by atoms with Crippen LogP contribution in [-0.2, 0) is 0 Å². The van der Waals surface area contributed by atoms with Crippen LogP contribution < -0.4 is 0 Å². The monoisotopic (exact) mass is 143 g/mol. The highest BCUT2D eigenvalue weighted by Gasteiger charge is 1.91. The lowest BCUT2D eigenvalue weighted by atomic mass is 10.3. The zero-order chi connectivity index (χ0) is 7.52. The average Bonchev–Trinajstić information content (AvgIpc) is 2.58. The Kier molecular flexibility index (Phi) is 1.44. The molecule has 0 fully saturated rings. The first-order valence-electron chi connectivity index (χ1n) is 3.43. The van der Waals surface area contributed by atoms with Crippen LogP contribution >= 0.6 is 0 Å². The third-order valence-corrected chi connectivity index (χ3v) is 1.44. The van der Waals surface area contributed by atoms with Crippen LogP contribution in [0, 0.1) is 6.07 Å². The van der Waals surface area contributed by atoms with E-state index >= 15 is 0 Å². The molecule has 0 aliphatic heterocycles. The van der Waals surface area contributed by atoms with Crippen molar-refractivity contribution in [3.63, 3.8) is 0 Å². The molecular formula is C9H7N2. The van der Waals surface area contributed by atoms with Crippen molar-refractivity contribution in [3.8, 4) is 5.69 Å². The van der Waals surface area contributed by atoms with Crippen LogP contribution in [0.2, 0.25) is 0 Å². The first-order valence-corrected chi connectivity index (χ1v) is 3.43. The van der Waals surface area contributed by atoms with Crippen LogP contribution in [-0.4, -0.2) is 9.78 Å². The van der Waals surface area contributed by atoms with Gasteiger partial charge in [-0.2, -0.15) is 5.10 Å². The van der Waals surface area contributed by atoms with Crippen molar-refractivity contribution in [3.05, 3.63) is 48.8 Å². The highest BCUT2D eigenvalue weighted by atomic mass is 15.3. The van der Waals surface area contributed by atoms with Crippen molar-refractivity contribution in [2.45, 2.75) is 0 Å². The summed E-state index contributed by atoms with van der Waals surface area (Å²) in [6.45, 7) is 0. The van der Waals surface area contributed by atoms with E-state index in [0.717, 1.165) is 5.69 Å². The zero-order valence-electron chi connectivity index (χ0n) is 5.94. The van der Waals surface area contributed by atoms with Gasteiger partial charge in [-0.15, -0.1) is 0 Å². The van der Waals surface area contributed by atoms with Gasteiger partial charge in [-0.3, -0.25) is 0 Å². The summed E-state index contributed by atoms with van der Waals surface area (Å²) < 4.78 is 1.78. The van der Waals surface area contributed by atoms with Gasteiger partial charge >= 0.3 is 0 Å². The Labute approximate surface area is 65.1 Å². The third-order valence-electron chi connectivity index (χ3n) is 1.44. The Morgan fingerprint density at radius 1 is 1.27 bits per heavy atom. The second-order valence-electron chi connectivity index (χ2n) is 2.20. The van der Waals surface area contributed by atoms with E-state index in [4.69, 9.17) is 0 Å². The number of benzene rings is 1. The van der Waals surface area contributed by atoms with Crippen LogP contribution in [0.5, 0.6) is 0 Å². The lowest BCUT2D eigenvalue weighted by molar-refractivity contribution is 0.879. The van der Waals surface area contributed by atoms with Gasteiger partial charge in [0.2, 0.25) is 0 Å². The summed E-state index contributed by atoms with van der Waals surface area (Å²) >= 11 is 0. The maximum atomic E-state index is 4.07. The van der Waals surface area contributed by atoms with Crippen molar-refractivity contribution in [1.29, 1.82) is 0 Å². The van der Waals surface area contributed by atoms with Gasteiger partial charge in [0.15, 0.2) is 0 Å². The van der Waals surface area contributed by atoms with Crippen LogP contribution in [0.1, 0.15) is 0 Å². The van der Waals surface area contributed by atoms with Gasteiger partial charge in [-0.25, -0.2) is 4.68 Å². The Morgan fingerprint density at radius 2 is 2.27 bits per heavy atom. The molecule has 0 bridgehead atoms. The molecule has 1 radical (unpaired) electrons. The predicted molar refractivity (Wildman–Crippen MR) is 42.4 cm³/mol. The van der Waals surface area contributed by atoms with E-state index in [1.54, 1.807) is 10.9 Å². The molecular weight excluding hydrogens is 136 g/mol. The molecule has 53 valence electrons. The van der Waals surface area contributed by atoms with Crippen molar-refractivity contribution in [1.82, 2.24) is 9.78 Å². The number of aromatic nitrogens is 2. The molecule has 1 heterocycles. The molecule has 0 amide bonds. The van der Waals surface area contributed by atoms with Crippen LogP contribution in [0.15, 0.2) is 42.7 Å². The fraction of sp³-hybridized carbons (Fsp3) is 0. The molecule has 2 aromatic rings. The van der Waals surface area contributed by atoms with E-state index in [1.807, 2.05) is 36.5 Å². The highest BCUT2D eigenvalue weighted by molar-refractivity contribution is 5.28. The summed E-state index contributed by atoms with van der Waals surface area (Å²) in [5.74, 6) is 0. The van der Waals surface area contributed by atoms with E-state index in [2.05, 4.69) is 11.2 Å². The van der Waals surface area contributed by atoms with Crippen molar-refractivity contribution in [2.24, 2.45) is 0 Å². The van der Waals surface area contributed by atoms with E-state index in [0.29, 0.717) is 0 Å². The minimum atomic E-state index is 0.970. The zero-order valence-corrected chi connectivity index (χ0v) is 5.94. The summed E-state index contributed by atoms with van der Waals surface area (Å²) in [4.78, 5) is 0. The molecule has 2 heteroatoms. The van der Waals surface area contributed by atoms with Gasteiger partial charge in [0.1, 0.15) is 0 Å². The summed E-state index contributed by atoms with van der Waals surface area (Å²) in [5, 5.41) is 4.07. The minimum Gasteiger partial charge on any atom is -0.240 e. The molecule has 0 saturated heterocycles. The Morgan fingerprint density at radius 3 is 2.91 bits per heavy atom. The molecule has 0 saturated carbocycles. The molecule has 2 nitrogen and oxygen atoms in total. The molecule has 0 aliphatic carbocycles. The van der Waals surface area contributed by atoms with E-state index in [1.165, 1.54) is 0 Å². The van der Waals surface area contributed by atoms with Crippen LogP contribution in [0.3, 0.4) is 0 Å². The highest BCUT2D eigenvalue weighted by Crippen LogP contribution is 2.02. The second kappa shape index (κ2) is 2.58. The largest absolute Gasteiger partial charge is 0.240 e. The number of rotatable bonds is 1. The predicted octanol–water partition coefficient (Wildman–Crippen LogP) is 1.67. The summed E-state index contributed by atoms with van der Waals surface area (Å²) in [6.07, 6.45) is 3.65. The van der Waals surface area contributed by atoms with Crippen molar-refractivity contribution < 1.29 is 0 Å². The van der Waals surface area contributed by atoms with E-state index in [9.17, 15) is 0 Å². The molecule has 0 spiro atoms. The fourth-order valence-electron chi connectivity index (χ4n) is 0.938. The lowest BCUT2D eigenvalue weighted by Gasteiger charge is -1.97. The maximum Gasteiger partial charge on any atom is 0.0724 e. The SMILES string of the molecule is [c]1ccccc1-n1cccn1. The van der Waals surface area contributed by atoms with Gasteiger partial charge in [-0.05, 0) is 12.1 Å². The number of hydrogen-bond acceptors (Lipinski definition) is 1. The second-order valence-corrected chi connectivity index (χ2v) is 2.20. The lowest BCUT2D eigenvalue weighted by Crippen LogP contribution is -1.92. The smallest absolute Gasteiger partial charge is 0.0724 e. The van der Waals surface area contributed by atoms with E-state index in [-0.39, 0.29) is 0 Å². The van der Waals surface area contributed by atoms with Gasteiger partial charge in [0.25, 0.3) is 0 Å². The van der Waals surface area contributed by atoms with Crippen molar-refractivity contribution >= 4 is 0 Å². The molecule has 0 unspecified atom stereocenters. The summed E-state index contributed by atoms with van der Waals surface area (Å²) in [6, 6.07) is 12.7. The quantitative estimate of drug-likeness (QED) is 0.593. The molecule has 0 atom stereocenters. The van der Waals surface area contributed by atoms with Crippen molar-refractivity contribution in [2.75, 3.05) is 0 Å². The molecule has 1 aromatic carbocycles. The fourth-order valence-corrected chi connectivity index (χ4v) is 0.938. The Bertz CT molecular complexity index is 311. The molecule has 0 N–H and O–H groups in total.